The molecule has 1 aliphatic heterocycles. The van der Waals surface area contributed by atoms with E-state index in [1.807, 2.05) is 0 Å². The molecule has 2 aromatic carbocycles. The number of anilines is 1. The smallest absolute Gasteiger partial charge is 0.380 e. The number of alkyl halides is 3. The molecule has 1 aromatic heterocycles. The quantitative estimate of drug-likeness (QED) is 0.468. The number of piperidine rings is 1. The number of likely N-dealkylation sites (tertiary alicyclic amines) is 1. The van der Waals surface area contributed by atoms with Crippen molar-refractivity contribution in [3.05, 3.63) is 70.4 Å². The van der Waals surface area contributed by atoms with Gasteiger partial charge in [-0.15, -0.1) is 0 Å². The van der Waals surface area contributed by atoms with Gasteiger partial charge in [-0.1, -0.05) is 11.6 Å². The Morgan fingerprint density at radius 2 is 1.78 bits per heavy atom. The van der Waals surface area contributed by atoms with Crippen LogP contribution in [0.4, 0.5) is 27.6 Å². The van der Waals surface area contributed by atoms with Crippen LogP contribution in [-0.2, 0) is 11.0 Å². The molecule has 1 fully saturated rings. The number of amides is 2. The highest BCUT2D eigenvalue weighted by atomic mass is 35.5. The molecule has 0 radical (unpaired) electrons. The Balaban J connectivity index is 1.62. The second kappa shape index (κ2) is 9.88. The molecule has 12 heteroatoms. The number of nitrogens with one attached hydrogen (secondary N) is 2. The summed E-state index contributed by atoms with van der Waals surface area (Å²) in [7, 11) is 0. The van der Waals surface area contributed by atoms with Gasteiger partial charge in [0.15, 0.2) is 0 Å². The number of benzene rings is 2. The van der Waals surface area contributed by atoms with Crippen LogP contribution >= 0.6 is 11.6 Å². The zero-order valence-corrected chi connectivity index (χ0v) is 19.6. The maximum absolute atomic E-state index is 14.1. The van der Waals surface area contributed by atoms with Crippen molar-refractivity contribution in [1.82, 2.24) is 15.2 Å². The molecule has 0 spiro atoms. The van der Waals surface area contributed by atoms with Crippen molar-refractivity contribution >= 4 is 40.0 Å². The van der Waals surface area contributed by atoms with E-state index < -0.39 is 41.5 Å². The summed E-state index contributed by atoms with van der Waals surface area (Å²) in [5.74, 6) is -2.99. The Morgan fingerprint density at radius 3 is 2.44 bits per heavy atom. The van der Waals surface area contributed by atoms with Crippen LogP contribution in [0.25, 0.3) is 10.9 Å². The highest BCUT2D eigenvalue weighted by molar-refractivity contribution is 6.31. The first-order valence-corrected chi connectivity index (χ1v) is 11.2. The highest BCUT2D eigenvalue weighted by Gasteiger charge is 2.35. The SMILES string of the molecule is CC(=O)N1C[C@@H](NC(=O)c2ccc(F)cc2F)C[C@@H](Nc2cc(C(F)(F)F)nc3ccc(Cl)cc23)C1. The molecule has 36 heavy (non-hydrogen) atoms. The van der Waals surface area contributed by atoms with Crippen LogP contribution in [-0.4, -0.2) is 46.9 Å². The van der Waals surface area contributed by atoms with Crippen molar-refractivity contribution in [3.8, 4) is 0 Å². The molecule has 1 aliphatic rings. The zero-order chi connectivity index (χ0) is 26.2. The summed E-state index contributed by atoms with van der Waals surface area (Å²) in [5.41, 5.74) is -1.28. The number of hydrogen-bond acceptors (Lipinski definition) is 4. The lowest BCUT2D eigenvalue weighted by molar-refractivity contribution is -0.140. The van der Waals surface area contributed by atoms with Crippen molar-refractivity contribution in [1.29, 1.82) is 0 Å². The number of fused-ring (bicyclic) bond motifs is 1. The van der Waals surface area contributed by atoms with Gasteiger partial charge in [0.1, 0.15) is 17.3 Å². The number of pyridine rings is 1. The van der Waals surface area contributed by atoms with Crippen molar-refractivity contribution in [3.63, 3.8) is 0 Å². The van der Waals surface area contributed by atoms with Gasteiger partial charge < -0.3 is 15.5 Å². The molecule has 0 bridgehead atoms. The summed E-state index contributed by atoms with van der Waals surface area (Å²) in [6.07, 6.45) is -4.48. The molecule has 0 unspecified atom stereocenters. The second-order valence-electron chi connectivity index (χ2n) is 8.51. The van der Waals surface area contributed by atoms with E-state index in [4.69, 9.17) is 11.6 Å². The number of nitrogens with zero attached hydrogens (tertiary/aromatic N) is 2. The van der Waals surface area contributed by atoms with Gasteiger partial charge in [-0.05, 0) is 42.8 Å². The zero-order valence-electron chi connectivity index (χ0n) is 18.8. The fourth-order valence-electron chi connectivity index (χ4n) is 4.18. The first-order chi connectivity index (χ1) is 16.9. The van der Waals surface area contributed by atoms with Gasteiger partial charge in [-0.3, -0.25) is 9.59 Å². The molecule has 0 aliphatic carbocycles. The molecule has 2 amide bonds. The van der Waals surface area contributed by atoms with Crippen LogP contribution < -0.4 is 10.6 Å². The van der Waals surface area contributed by atoms with Crippen molar-refractivity contribution in [2.45, 2.75) is 31.6 Å². The fraction of sp³-hybridized carbons (Fsp3) is 0.292. The Kier molecular flexibility index (Phi) is 7.03. The lowest BCUT2D eigenvalue weighted by Gasteiger charge is -2.38. The molecule has 3 aromatic rings. The first kappa shape index (κ1) is 25.6. The number of carbonyl (C=O) groups is 2. The molecule has 1 saturated heterocycles. The lowest BCUT2D eigenvalue weighted by Crippen LogP contribution is -2.55. The Morgan fingerprint density at radius 1 is 1.06 bits per heavy atom. The Labute approximate surface area is 207 Å². The van der Waals surface area contributed by atoms with E-state index in [9.17, 15) is 31.5 Å². The van der Waals surface area contributed by atoms with E-state index in [-0.39, 0.29) is 42.2 Å². The average molecular weight is 527 g/mol. The topological polar surface area (TPSA) is 74.3 Å². The summed E-state index contributed by atoms with van der Waals surface area (Å²) < 4.78 is 67.7. The fourth-order valence-corrected chi connectivity index (χ4v) is 4.36. The van der Waals surface area contributed by atoms with Gasteiger partial charge in [0.2, 0.25) is 5.91 Å². The summed E-state index contributed by atoms with van der Waals surface area (Å²) in [6, 6.07) is 6.46. The summed E-state index contributed by atoms with van der Waals surface area (Å²) in [5, 5.41) is 6.32. The van der Waals surface area contributed by atoms with Crippen molar-refractivity contribution in [2.24, 2.45) is 0 Å². The van der Waals surface area contributed by atoms with E-state index in [0.717, 1.165) is 18.2 Å². The largest absolute Gasteiger partial charge is 0.433 e. The van der Waals surface area contributed by atoms with Crippen LogP contribution in [0.3, 0.4) is 0 Å². The molecule has 6 nitrogen and oxygen atoms in total. The predicted octanol–water partition coefficient (Wildman–Crippen LogP) is 5.02. The molecule has 190 valence electrons. The van der Waals surface area contributed by atoms with Gasteiger partial charge >= 0.3 is 6.18 Å². The van der Waals surface area contributed by atoms with Crippen LogP contribution in [0.15, 0.2) is 42.5 Å². The van der Waals surface area contributed by atoms with Gasteiger partial charge in [0.25, 0.3) is 5.91 Å². The Hall–Kier alpha value is -3.47. The molecule has 2 heterocycles. The maximum atomic E-state index is 14.1. The van der Waals surface area contributed by atoms with Crippen molar-refractivity contribution in [2.75, 3.05) is 18.4 Å². The lowest BCUT2D eigenvalue weighted by atomic mass is 9.99. The number of rotatable bonds is 4. The van der Waals surface area contributed by atoms with E-state index in [2.05, 4.69) is 15.6 Å². The standard InChI is InChI=1S/C24H20ClF5N4O2/c1-12(35)34-10-15(8-16(11-34)32-23(36)17-4-3-14(26)7-19(17)27)31-21-9-22(24(28,29)30)33-20-5-2-13(25)6-18(20)21/h2-7,9,15-16H,8,10-11H2,1H3,(H,31,33)(H,32,36)/t15-,16+/m1/s1. The van der Waals surface area contributed by atoms with E-state index in [1.54, 1.807) is 0 Å². The minimum Gasteiger partial charge on any atom is -0.380 e. The van der Waals surface area contributed by atoms with Crippen molar-refractivity contribution < 1.29 is 31.5 Å². The van der Waals surface area contributed by atoms with Crippen LogP contribution in [0.5, 0.6) is 0 Å². The molecule has 2 atom stereocenters. The molecule has 4 rings (SSSR count). The molecular weight excluding hydrogens is 507 g/mol. The number of carbonyl (C=O) groups excluding carboxylic acids is 2. The average Bonchev–Trinajstić information content (AvgIpc) is 2.78. The number of halogens is 6. The summed E-state index contributed by atoms with van der Waals surface area (Å²) in [6.45, 7) is 1.58. The monoisotopic (exact) mass is 526 g/mol. The highest BCUT2D eigenvalue weighted by Crippen LogP contribution is 2.35. The van der Waals surface area contributed by atoms with Crippen LogP contribution in [0.2, 0.25) is 5.02 Å². The number of hydrogen-bond donors (Lipinski definition) is 2. The summed E-state index contributed by atoms with van der Waals surface area (Å²) in [4.78, 5) is 29.9. The third-order valence-corrected chi connectivity index (χ3v) is 6.06. The third kappa shape index (κ3) is 5.67. The minimum atomic E-state index is -4.70. The van der Waals surface area contributed by atoms with Gasteiger partial charge in [0.05, 0.1) is 11.1 Å². The molecule has 0 saturated carbocycles. The maximum Gasteiger partial charge on any atom is 0.433 e. The first-order valence-electron chi connectivity index (χ1n) is 10.9. The normalized spacial score (nSPS) is 18.2. The summed E-state index contributed by atoms with van der Waals surface area (Å²) >= 11 is 6.06. The predicted molar refractivity (Wildman–Crippen MR) is 124 cm³/mol. The number of aromatic nitrogens is 1. The Bertz CT molecular complexity index is 1330. The van der Waals surface area contributed by atoms with E-state index >= 15 is 0 Å². The molecule has 2 N–H and O–H groups in total. The minimum absolute atomic E-state index is 0.0765. The van der Waals surface area contributed by atoms with E-state index in [0.29, 0.717) is 16.5 Å². The second-order valence-corrected chi connectivity index (χ2v) is 8.95. The van der Waals surface area contributed by atoms with Crippen LogP contribution in [0, 0.1) is 11.6 Å². The van der Waals surface area contributed by atoms with Crippen LogP contribution in [0.1, 0.15) is 29.4 Å². The van der Waals surface area contributed by atoms with E-state index in [1.165, 1.54) is 30.0 Å². The van der Waals surface area contributed by atoms with Gasteiger partial charge in [-0.25, -0.2) is 13.8 Å². The van der Waals surface area contributed by atoms with Gasteiger partial charge in [0, 0.05) is 54.3 Å². The third-order valence-electron chi connectivity index (χ3n) is 5.83. The molecular formula is C24H20ClF5N4O2. The van der Waals surface area contributed by atoms with Gasteiger partial charge in [-0.2, -0.15) is 13.2 Å².